The largest absolute Gasteiger partial charge is 0.383 e. The third-order valence-corrected chi connectivity index (χ3v) is 4.93. The molecule has 1 aromatic heterocycles. The Bertz CT molecular complexity index is 564. The lowest BCUT2D eigenvalue weighted by molar-refractivity contribution is 0.0173. The summed E-state index contributed by atoms with van der Waals surface area (Å²) in [5.74, 6) is -0.00388. The first-order chi connectivity index (χ1) is 8.88. The zero-order valence-electron chi connectivity index (χ0n) is 10.5. The van der Waals surface area contributed by atoms with E-state index in [1.54, 1.807) is 0 Å². The van der Waals surface area contributed by atoms with Crippen LogP contribution < -0.4 is 10.5 Å². The van der Waals surface area contributed by atoms with Gasteiger partial charge in [-0.2, -0.15) is 0 Å². The fourth-order valence-corrected chi connectivity index (χ4v) is 3.91. The van der Waals surface area contributed by atoms with Gasteiger partial charge < -0.3 is 10.5 Å². The second kappa shape index (κ2) is 5.74. The van der Waals surface area contributed by atoms with Crippen molar-refractivity contribution in [1.82, 2.24) is 9.71 Å². The average molecular weight is 350 g/mol. The summed E-state index contributed by atoms with van der Waals surface area (Å²) >= 11 is 3.19. The van der Waals surface area contributed by atoms with Crippen molar-refractivity contribution in [2.24, 2.45) is 0 Å². The summed E-state index contributed by atoms with van der Waals surface area (Å²) in [5, 5.41) is 0. The Morgan fingerprint density at radius 1 is 1.58 bits per heavy atom. The molecule has 1 aliphatic heterocycles. The van der Waals surface area contributed by atoms with Gasteiger partial charge in [0.25, 0.3) is 0 Å². The molecular formula is C11H16BrN3O3S. The molecule has 0 bridgehead atoms. The third-order valence-electron chi connectivity index (χ3n) is 2.94. The number of anilines is 1. The number of hydrogen-bond donors (Lipinski definition) is 2. The molecule has 1 fully saturated rings. The highest BCUT2D eigenvalue weighted by atomic mass is 79.9. The minimum absolute atomic E-state index is 0.000944. The van der Waals surface area contributed by atoms with Crippen molar-refractivity contribution in [3.05, 3.63) is 16.7 Å². The fraction of sp³-hybridized carbons (Fsp3) is 0.545. The summed E-state index contributed by atoms with van der Waals surface area (Å²) in [7, 11) is -3.66. The number of rotatable bonds is 3. The quantitative estimate of drug-likeness (QED) is 0.856. The first-order valence-electron chi connectivity index (χ1n) is 5.93. The molecule has 0 aliphatic carbocycles. The normalized spacial score (nSPS) is 24.3. The van der Waals surface area contributed by atoms with Gasteiger partial charge in [0.1, 0.15) is 10.7 Å². The molecule has 2 atom stereocenters. The highest BCUT2D eigenvalue weighted by Gasteiger charge is 2.26. The molecule has 0 aromatic carbocycles. The third kappa shape index (κ3) is 3.65. The lowest BCUT2D eigenvalue weighted by Crippen LogP contribution is -2.41. The zero-order valence-corrected chi connectivity index (χ0v) is 12.9. The summed E-state index contributed by atoms with van der Waals surface area (Å²) in [5.41, 5.74) is 5.63. The van der Waals surface area contributed by atoms with Gasteiger partial charge >= 0.3 is 0 Å². The fourth-order valence-electron chi connectivity index (χ4n) is 2.03. The van der Waals surface area contributed by atoms with E-state index in [1.807, 2.05) is 6.92 Å². The molecule has 1 saturated heterocycles. The molecule has 2 unspecified atom stereocenters. The number of nitrogens with two attached hydrogens (primary N) is 1. The van der Waals surface area contributed by atoms with E-state index in [-0.39, 0.29) is 22.9 Å². The van der Waals surface area contributed by atoms with Gasteiger partial charge in [0.2, 0.25) is 10.0 Å². The maximum atomic E-state index is 12.3. The van der Waals surface area contributed by atoms with Gasteiger partial charge in [0, 0.05) is 23.3 Å². The molecule has 1 aromatic rings. The molecule has 0 saturated carbocycles. The number of pyridine rings is 1. The lowest BCUT2D eigenvalue weighted by atomic mass is 10.1. The van der Waals surface area contributed by atoms with Crippen LogP contribution in [0, 0.1) is 0 Å². The predicted octanol–water partition coefficient (Wildman–Crippen LogP) is 1.27. The van der Waals surface area contributed by atoms with E-state index in [9.17, 15) is 8.42 Å². The van der Waals surface area contributed by atoms with E-state index in [4.69, 9.17) is 10.5 Å². The molecule has 2 rings (SSSR count). The van der Waals surface area contributed by atoms with Crippen molar-refractivity contribution in [2.75, 3.05) is 12.3 Å². The second-order valence-corrected chi connectivity index (χ2v) is 7.16. The van der Waals surface area contributed by atoms with Crippen molar-refractivity contribution in [1.29, 1.82) is 0 Å². The van der Waals surface area contributed by atoms with Gasteiger partial charge in [-0.15, -0.1) is 0 Å². The Labute approximate surface area is 120 Å². The van der Waals surface area contributed by atoms with Crippen molar-refractivity contribution in [3.63, 3.8) is 0 Å². The smallest absolute Gasteiger partial charge is 0.244 e. The van der Waals surface area contributed by atoms with Gasteiger partial charge in [-0.3, -0.25) is 0 Å². The van der Waals surface area contributed by atoms with Crippen LogP contribution in [0.4, 0.5) is 5.82 Å². The topological polar surface area (TPSA) is 94.3 Å². The van der Waals surface area contributed by atoms with Crippen molar-refractivity contribution < 1.29 is 13.2 Å². The highest BCUT2D eigenvalue weighted by molar-refractivity contribution is 9.10. The number of hydrogen-bond acceptors (Lipinski definition) is 5. The van der Waals surface area contributed by atoms with Crippen LogP contribution in [-0.2, 0) is 14.8 Å². The van der Waals surface area contributed by atoms with Crippen LogP contribution >= 0.6 is 15.9 Å². The van der Waals surface area contributed by atoms with Crippen LogP contribution in [0.3, 0.4) is 0 Å². The number of nitrogens with one attached hydrogen (secondary N) is 1. The maximum Gasteiger partial charge on any atom is 0.244 e. The first kappa shape index (κ1) is 14.7. The molecule has 0 spiro atoms. The number of ether oxygens (including phenoxy) is 1. The van der Waals surface area contributed by atoms with Crippen LogP contribution in [0.25, 0.3) is 0 Å². The second-order valence-electron chi connectivity index (χ2n) is 4.56. The van der Waals surface area contributed by atoms with Crippen LogP contribution in [0.1, 0.15) is 19.8 Å². The maximum absolute atomic E-state index is 12.3. The molecule has 3 N–H and O–H groups in total. The summed E-state index contributed by atoms with van der Waals surface area (Å²) in [6, 6.07) is 1.32. The Balaban J connectivity index is 2.20. The summed E-state index contributed by atoms with van der Waals surface area (Å²) in [6.45, 7) is 2.48. The molecule has 19 heavy (non-hydrogen) atoms. The SMILES string of the molecule is CC1CC(NS(=O)(=O)c2cc(Br)cnc2N)CCO1. The van der Waals surface area contributed by atoms with E-state index >= 15 is 0 Å². The molecule has 0 radical (unpaired) electrons. The minimum atomic E-state index is -3.66. The van der Waals surface area contributed by atoms with Crippen molar-refractivity contribution >= 4 is 31.8 Å². The van der Waals surface area contributed by atoms with E-state index in [2.05, 4.69) is 25.6 Å². The lowest BCUT2D eigenvalue weighted by Gasteiger charge is -2.27. The van der Waals surface area contributed by atoms with Crippen LogP contribution in [0.2, 0.25) is 0 Å². The van der Waals surface area contributed by atoms with E-state index in [0.29, 0.717) is 23.9 Å². The van der Waals surface area contributed by atoms with Crippen molar-refractivity contribution in [3.8, 4) is 0 Å². The van der Waals surface area contributed by atoms with E-state index in [1.165, 1.54) is 12.3 Å². The number of aromatic nitrogens is 1. The van der Waals surface area contributed by atoms with Gasteiger partial charge in [0.05, 0.1) is 6.10 Å². The molecule has 106 valence electrons. The molecule has 8 heteroatoms. The predicted molar refractivity (Wildman–Crippen MR) is 75.1 cm³/mol. The minimum Gasteiger partial charge on any atom is -0.383 e. The first-order valence-corrected chi connectivity index (χ1v) is 8.21. The Hall–Kier alpha value is -0.700. The number of nitrogens with zero attached hydrogens (tertiary/aromatic N) is 1. The van der Waals surface area contributed by atoms with Crippen LogP contribution in [0.15, 0.2) is 21.6 Å². The zero-order chi connectivity index (χ0) is 14.0. The summed E-state index contributed by atoms with van der Waals surface area (Å²) in [6.07, 6.45) is 2.83. The average Bonchev–Trinajstić information content (AvgIpc) is 2.31. The molecule has 2 heterocycles. The number of nitrogen functional groups attached to an aromatic ring is 1. The highest BCUT2D eigenvalue weighted by Crippen LogP contribution is 2.22. The Kier molecular flexibility index (Phi) is 4.44. The Morgan fingerprint density at radius 3 is 3.00 bits per heavy atom. The molecule has 1 aliphatic rings. The monoisotopic (exact) mass is 349 g/mol. The molecular weight excluding hydrogens is 334 g/mol. The number of sulfonamides is 1. The summed E-state index contributed by atoms with van der Waals surface area (Å²) in [4.78, 5) is 3.84. The van der Waals surface area contributed by atoms with Gasteiger partial charge in [-0.05, 0) is 41.8 Å². The van der Waals surface area contributed by atoms with Crippen LogP contribution in [-0.4, -0.2) is 32.2 Å². The number of halogens is 1. The van der Waals surface area contributed by atoms with E-state index < -0.39 is 10.0 Å². The van der Waals surface area contributed by atoms with Gasteiger partial charge in [-0.25, -0.2) is 18.1 Å². The van der Waals surface area contributed by atoms with Crippen molar-refractivity contribution in [2.45, 2.75) is 36.8 Å². The standard InChI is InChI=1S/C11H16BrN3O3S/c1-7-4-9(2-3-18-7)15-19(16,17)10-5-8(12)6-14-11(10)13/h5-7,9,15H,2-4H2,1H3,(H2,13,14). The molecule has 0 amide bonds. The van der Waals surface area contributed by atoms with Gasteiger partial charge in [-0.1, -0.05) is 0 Å². The van der Waals surface area contributed by atoms with Crippen LogP contribution in [0.5, 0.6) is 0 Å². The summed E-state index contributed by atoms with van der Waals surface area (Å²) < 4.78 is 33.2. The van der Waals surface area contributed by atoms with Gasteiger partial charge in [0.15, 0.2) is 0 Å². The van der Waals surface area contributed by atoms with E-state index in [0.717, 1.165) is 0 Å². The Morgan fingerprint density at radius 2 is 2.32 bits per heavy atom. The molecule has 6 nitrogen and oxygen atoms in total.